The topological polar surface area (TPSA) is 88.4 Å². The first-order valence-corrected chi connectivity index (χ1v) is 10.3. The molecule has 0 fully saturated rings. The van der Waals surface area contributed by atoms with Crippen LogP contribution in [0.4, 0.5) is 0 Å². The minimum Gasteiger partial charge on any atom is -0.491 e. The monoisotopic (exact) mass is 420 g/mol. The second-order valence-corrected chi connectivity index (χ2v) is 7.24. The standard InChI is InChI=1S/C22H30O6.C2H6/c1-22(2,16-4-8-20(9-5-16)27-14-18(24)12-23)17-6-10-21(11-7-17)28-15-19(25)13-26-3;1-2/h4-11,18-19,23-25H,12-15H2,1-3H3;1-2H3. The van der Waals surface area contributed by atoms with E-state index in [2.05, 4.69) is 13.8 Å². The summed E-state index contributed by atoms with van der Waals surface area (Å²) in [6.07, 6.45) is -1.53. The molecule has 0 saturated heterocycles. The maximum absolute atomic E-state index is 9.66. The van der Waals surface area contributed by atoms with Crippen molar-refractivity contribution in [1.29, 1.82) is 0 Å². The molecule has 0 aliphatic heterocycles. The lowest BCUT2D eigenvalue weighted by Crippen LogP contribution is -2.22. The van der Waals surface area contributed by atoms with E-state index in [0.29, 0.717) is 11.5 Å². The Balaban J connectivity index is 0.00000218. The highest BCUT2D eigenvalue weighted by atomic mass is 16.5. The van der Waals surface area contributed by atoms with E-state index in [1.807, 2.05) is 62.4 Å². The number of hydrogen-bond donors (Lipinski definition) is 3. The van der Waals surface area contributed by atoms with Gasteiger partial charge in [0.1, 0.15) is 36.9 Å². The molecule has 168 valence electrons. The molecule has 0 radical (unpaired) electrons. The van der Waals surface area contributed by atoms with Gasteiger partial charge in [0.15, 0.2) is 0 Å². The summed E-state index contributed by atoms with van der Waals surface area (Å²) in [4.78, 5) is 0. The van der Waals surface area contributed by atoms with Gasteiger partial charge in [-0.05, 0) is 35.4 Å². The first kappa shape index (κ1) is 25.9. The van der Waals surface area contributed by atoms with Gasteiger partial charge in [-0.3, -0.25) is 0 Å². The molecular weight excluding hydrogens is 384 g/mol. The molecule has 2 atom stereocenters. The summed E-state index contributed by atoms with van der Waals surface area (Å²) in [6, 6.07) is 15.5. The fraction of sp³-hybridized carbons (Fsp3) is 0.500. The van der Waals surface area contributed by atoms with E-state index in [-0.39, 0.29) is 31.8 Å². The number of rotatable bonds is 11. The van der Waals surface area contributed by atoms with Gasteiger partial charge in [0.2, 0.25) is 0 Å². The molecule has 3 N–H and O–H groups in total. The van der Waals surface area contributed by atoms with Crippen molar-refractivity contribution in [2.75, 3.05) is 33.5 Å². The van der Waals surface area contributed by atoms with E-state index in [4.69, 9.17) is 19.3 Å². The van der Waals surface area contributed by atoms with Crippen LogP contribution in [0.15, 0.2) is 48.5 Å². The molecule has 2 unspecified atom stereocenters. The van der Waals surface area contributed by atoms with Crippen LogP contribution in [0.25, 0.3) is 0 Å². The lowest BCUT2D eigenvalue weighted by Gasteiger charge is -2.26. The van der Waals surface area contributed by atoms with Gasteiger partial charge in [-0.1, -0.05) is 52.0 Å². The number of aliphatic hydroxyl groups is 3. The van der Waals surface area contributed by atoms with Gasteiger partial charge in [0.05, 0.1) is 13.2 Å². The Morgan fingerprint density at radius 2 is 1.13 bits per heavy atom. The van der Waals surface area contributed by atoms with Crippen LogP contribution in [0.5, 0.6) is 11.5 Å². The van der Waals surface area contributed by atoms with Crippen molar-refractivity contribution in [3.8, 4) is 11.5 Å². The Morgan fingerprint density at radius 1 is 0.733 bits per heavy atom. The molecule has 2 rings (SSSR count). The zero-order valence-electron chi connectivity index (χ0n) is 18.7. The maximum atomic E-state index is 9.66. The minimum atomic E-state index is -0.882. The highest BCUT2D eigenvalue weighted by molar-refractivity contribution is 5.41. The van der Waals surface area contributed by atoms with Crippen LogP contribution in [0.3, 0.4) is 0 Å². The molecule has 30 heavy (non-hydrogen) atoms. The van der Waals surface area contributed by atoms with Gasteiger partial charge in [-0.25, -0.2) is 0 Å². The fourth-order valence-electron chi connectivity index (χ4n) is 2.78. The maximum Gasteiger partial charge on any atom is 0.119 e. The minimum absolute atomic E-state index is 0.0553. The number of hydrogen-bond acceptors (Lipinski definition) is 6. The first-order valence-electron chi connectivity index (χ1n) is 10.3. The molecule has 2 aromatic rings. The van der Waals surface area contributed by atoms with E-state index >= 15 is 0 Å². The smallest absolute Gasteiger partial charge is 0.119 e. The van der Waals surface area contributed by atoms with Gasteiger partial charge in [-0.15, -0.1) is 0 Å². The lowest BCUT2D eigenvalue weighted by atomic mass is 9.78. The summed E-state index contributed by atoms with van der Waals surface area (Å²) < 4.78 is 15.9. The molecule has 0 spiro atoms. The Labute approximate surface area is 180 Å². The van der Waals surface area contributed by atoms with Crippen molar-refractivity contribution in [3.63, 3.8) is 0 Å². The molecule has 2 aromatic carbocycles. The summed E-state index contributed by atoms with van der Waals surface area (Å²) in [5.74, 6) is 1.34. The van der Waals surface area contributed by atoms with E-state index in [9.17, 15) is 10.2 Å². The zero-order valence-corrected chi connectivity index (χ0v) is 18.7. The van der Waals surface area contributed by atoms with Crippen molar-refractivity contribution in [1.82, 2.24) is 0 Å². The molecule has 6 nitrogen and oxygen atoms in total. The predicted molar refractivity (Wildman–Crippen MR) is 118 cm³/mol. The predicted octanol–water partition coefficient (Wildman–Crippen LogP) is 3.16. The van der Waals surface area contributed by atoms with Crippen LogP contribution in [-0.4, -0.2) is 61.1 Å². The molecule has 0 amide bonds. The summed E-state index contributed by atoms with van der Waals surface area (Å²) in [5, 5.41) is 27.9. The highest BCUT2D eigenvalue weighted by Crippen LogP contribution is 2.33. The Morgan fingerprint density at radius 3 is 1.50 bits per heavy atom. The van der Waals surface area contributed by atoms with Crippen molar-refractivity contribution >= 4 is 0 Å². The lowest BCUT2D eigenvalue weighted by molar-refractivity contribution is 0.0325. The Bertz CT molecular complexity index is 697. The van der Waals surface area contributed by atoms with Gasteiger partial charge in [0.25, 0.3) is 0 Å². The third-order valence-electron chi connectivity index (χ3n) is 4.61. The fourth-order valence-corrected chi connectivity index (χ4v) is 2.78. The zero-order chi connectivity index (χ0) is 22.6. The third-order valence-corrected chi connectivity index (χ3v) is 4.61. The average molecular weight is 421 g/mol. The van der Waals surface area contributed by atoms with Crippen molar-refractivity contribution in [2.45, 2.75) is 45.3 Å². The number of benzene rings is 2. The van der Waals surface area contributed by atoms with Crippen LogP contribution >= 0.6 is 0 Å². The van der Waals surface area contributed by atoms with Gasteiger partial charge in [-0.2, -0.15) is 0 Å². The van der Waals surface area contributed by atoms with Crippen molar-refractivity contribution in [3.05, 3.63) is 59.7 Å². The SMILES string of the molecule is CC.COCC(O)COc1ccc(C(C)(C)c2ccc(OCC(O)CO)cc2)cc1. The molecule has 0 bridgehead atoms. The molecule has 0 aliphatic rings. The molecule has 0 heterocycles. The van der Waals surface area contributed by atoms with Crippen molar-refractivity contribution in [2.24, 2.45) is 0 Å². The second-order valence-electron chi connectivity index (χ2n) is 7.24. The van der Waals surface area contributed by atoms with Crippen LogP contribution in [0.1, 0.15) is 38.8 Å². The van der Waals surface area contributed by atoms with E-state index in [0.717, 1.165) is 11.1 Å². The summed E-state index contributed by atoms with van der Waals surface area (Å²) in [5.41, 5.74) is 2.02. The Hall–Kier alpha value is -2.12. The van der Waals surface area contributed by atoms with Crippen molar-refractivity contribution < 1.29 is 29.5 Å². The molecule has 0 aliphatic carbocycles. The number of ether oxygens (including phenoxy) is 3. The van der Waals surface area contributed by atoms with Crippen LogP contribution in [-0.2, 0) is 10.2 Å². The van der Waals surface area contributed by atoms with Crippen LogP contribution in [0.2, 0.25) is 0 Å². The second kappa shape index (κ2) is 13.2. The van der Waals surface area contributed by atoms with Gasteiger partial charge in [0, 0.05) is 12.5 Å². The first-order chi connectivity index (χ1) is 14.4. The highest BCUT2D eigenvalue weighted by Gasteiger charge is 2.23. The number of aliphatic hydroxyl groups excluding tert-OH is 3. The summed E-state index contributed by atoms with van der Waals surface area (Å²) >= 11 is 0. The van der Waals surface area contributed by atoms with E-state index in [1.165, 1.54) is 7.11 Å². The quantitative estimate of drug-likeness (QED) is 0.518. The normalized spacial score (nSPS) is 13.1. The molecule has 0 saturated carbocycles. The largest absolute Gasteiger partial charge is 0.491 e. The number of methoxy groups -OCH3 is 1. The summed E-state index contributed by atoms with van der Waals surface area (Å²) in [7, 11) is 1.54. The third kappa shape index (κ3) is 7.95. The summed E-state index contributed by atoms with van der Waals surface area (Å²) in [6.45, 7) is 8.43. The average Bonchev–Trinajstić information content (AvgIpc) is 2.78. The Kier molecular flexibility index (Phi) is 11.4. The van der Waals surface area contributed by atoms with Gasteiger partial charge < -0.3 is 29.5 Å². The van der Waals surface area contributed by atoms with E-state index < -0.39 is 12.2 Å². The molecule has 0 aromatic heterocycles. The molecular formula is C24H36O6. The van der Waals surface area contributed by atoms with Gasteiger partial charge >= 0.3 is 0 Å². The van der Waals surface area contributed by atoms with Crippen LogP contribution < -0.4 is 9.47 Å². The van der Waals surface area contributed by atoms with Crippen LogP contribution in [0, 0.1) is 0 Å². The molecule has 6 heteroatoms. The van der Waals surface area contributed by atoms with E-state index in [1.54, 1.807) is 0 Å².